The topological polar surface area (TPSA) is 109 Å². The monoisotopic (exact) mass is 275 g/mol. The van der Waals surface area contributed by atoms with E-state index in [1.807, 2.05) is 0 Å². The van der Waals surface area contributed by atoms with Gasteiger partial charge in [-0.2, -0.15) is 0 Å². The molecule has 1 aliphatic carbocycles. The number of hydrogen-bond donors (Lipinski definition) is 2. The van der Waals surface area contributed by atoms with Gasteiger partial charge in [-0.15, -0.1) is 5.10 Å². The third-order valence-corrected chi connectivity index (χ3v) is 3.56. The molecule has 1 heterocycles. The van der Waals surface area contributed by atoms with E-state index in [0.717, 1.165) is 6.20 Å². The number of aliphatic carboxylic acids is 1. The molecule has 1 fully saturated rings. The average Bonchev–Trinajstić information content (AvgIpc) is 2.78. The summed E-state index contributed by atoms with van der Waals surface area (Å²) in [6, 6.07) is 0. The molecule has 1 aliphatic rings. The van der Waals surface area contributed by atoms with E-state index in [4.69, 9.17) is 0 Å². The molecular formula is C10H11F2N3O4. The van der Waals surface area contributed by atoms with E-state index in [1.54, 1.807) is 0 Å². The highest BCUT2D eigenvalue weighted by molar-refractivity contribution is 5.82. The molecule has 1 aromatic rings. The summed E-state index contributed by atoms with van der Waals surface area (Å²) in [5, 5.41) is 25.7. The van der Waals surface area contributed by atoms with Crippen molar-refractivity contribution in [3.63, 3.8) is 0 Å². The highest BCUT2D eigenvalue weighted by Crippen LogP contribution is 2.47. The Kier molecular flexibility index (Phi) is 2.99. The van der Waals surface area contributed by atoms with Crippen molar-refractivity contribution in [3.05, 3.63) is 21.9 Å². The van der Waals surface area contributed by atoms with Crippen LogP contribution in [0.25, 0.3) is 0 Å². The molecule has 0 aromatic carbocycles. The number of carbonyl (C=O) groups is 1. The van der Waals surface area contributed by atoms with E-state index >= 15 is 0 Å². The van der Waals surface area contributed by atoms with Crippen LogP contribution in [0.1, 0.15) is 31.2 Å². The second-order valence-corrected chi connectivity index (χ2v) is 4.63. The van der Waals surface area contributed by atoms with Crippen molar-refractivity contribution in [2.75, 3.05) is 0 Å². The molecule has 19 heavy (non-hydrogen) atoms. The van der Waals surface area contributed by atoms with Gasteiger partial charge in [-0.3, -0.25) is 4.79 Å². The van der Waals surface area contributed by atoms with E-state index in [2.05, 4.69) is 10.2 Å². The van der Waals surface area contributed by atoms with Crippen molar-refractivity contribution in [1.29, 1.82) is 0 Å². The lowest BCUT2D eigenvalue weighted by molar-refractivity contribution is -0.390. The number of nitro groups is 1. The van der Waals surface area contributed by atoms with Crippen molar-refractivity contribution in [2.45, 2.75) is 37.0 Å². The smallest absolute Gasteiger partial charge is 0.346 e. The number of alkyl halides is 2. The standard InChI is InChI=1S/C10H11F2N3O4/c11-10(12)3-1-9(2-4-10,8(16)17)6-5-13-14-7(6)15(18)19/h5H,1-4H2,(H,13,14)(H,16,17). The summed E-state index contributed by atoms with van der Waals surface area (Å²) in [7, 11) is 0. The first kappa shape index (κ1) is 13.4. The molecule has 0 unspecified atom stereocenters. The molecule has 1 saturated carbocycles. The fourth-order valence-corrected chi connectivity index (χ4v) is 2.41. The fraction of sp³-hybridized carbons (Fsp3) is 0.600. The van der Waals surface area contributed by atoms with Gasteiger partial charge in [-0.05, 0) is 17.8 Å². The van der Waals surface area contributed by atoms with Crippen molar-refractivity contribution < 1.29 is 23.6 Å². The minimum atomic E-state index is -2.92. The van der Waals surface area contributed by atoms with Crippen molar-refractivity contribution in [1.82, 2.24) is 10.2 Å². The number of halogens is 2. The molecule has 104 valence electrons. The Morgan fingerprint density at radius 2 is 2.00 bits per heavy atom. The first-order valence-corrected chi connectivity index (χ1v) is 5.58. The minimum Gasteiger partial charge on any atom is -0.481 e. The molecule has 0 amide bonds. The minimum absolute atomic E-state index is 0.138. The van der Waals surface area contributed by atoms with Gasteiger partial charge in [0, 0.05) is 12.8 Å². The lowest BCUT2D eigenvalue weighted by Crippen LogP contribution is -2.42. The number of nitrogens with zero attached hydrogens (tertiary/aromatic N) is 2. The quantitative estimate of drug-likeness (QED) is 0.646. The maximum atomic E-state index is 13.2. The summed E-state index contributed by atoms with van der Waals surface area (Å²) < 4.78 is 26.3. The van der Waals surface area contributed by atoms with Gasteiger partial charge in [0.25, 0.3) is 0 Å². The van der Waals surface area contributed by atoms with Crippen LogP contribution in [-0.4, -0.2) is 32.1 Å². The van der Waals surface area contributed by atoms with Crippen molar-refractivity contribution in [2.24, 2.45) is 0 Å². The Balaban J connectivity index is 2.44. The number of aromatic nitrogens is 2. The van der Waals surface area contributed by atoms with Crippen LogP contribution in [0.15, 0.2) is 6.20 Å². The molecule has 1 aromatic heterocycles. The first-order valence-electron chi connectivity index (χ1n) is 5.58. The summed E-state index contributed by atoms with van der Waals surface area (Å²) in [6.45, 7) is 0. The first-order chi connectivity index (χ1) is 8.78. The normalized spacial score (nSPS) is 20.9. The van der Waals surface area contributed by atoms with Gasteiger partial charge >= 0.3 is 11.8 Å². The molecule has 0 bridgehead atoms. The van der Waals surface area contributed by atoms with Gasteiger partial charge in [-0.25, -0.2) is 8.78 Å². The van der Waals surface area contributed by atoms with E-state index in [0.29, 0.717) is 0 Å². The van der Waals surface area contributed by atoms with Crippen LogP contribution in [-0.2, 0) is 10.2 Å². The molecular weight excluding hydrogens is 264 g/mol. The predicted molar refractivity (Wildman–Crippen MR) is 58.0 cm³/mol. The van der Waals surface area contributed by atoms with Crippen LogP contribution >= 0.6 is 0 Å². The summed E-state index contributed by atoms with van der Waals surface area (Å²) in [5.74, 6) is -4.81. The van der Waals surface area contributed by atoms with Gasteiger partial charge in [-0.1, -0.05) is 5.10 Å². The predicted octanol–water partition coefficient (Wildman–Crippen LogP) is 1.85. The zero-order valence-corrected chi connectivity index (χ0v) is 9.73. The van der Waals surface area contributed by atoms with E-state index in [-0.39, 0.29) is 18.4 Å². The van der Waals surface area contributed by atoms with E-state index < -0.39 is 40.9 Å². The maximum Gasteiger partial charge on any atom is 0.346 e. The van der Waals surface area contributed by atoms with E-state index in [9.17, 15) is 28.8 Å². The van der Waals surface area contributed by atoms with Gasteiger partial charge in [0.05, 0.1) is 11.8 Å². The molecule has 0 radical (unpaired) electrons. The Morgan fingerprint density at radius 3 is 2.47 bits per heavy atom. The molecule has 7 nitrogen and oxygen atoms in total. The van der Waals surface area contributed by atoms with Crippen LogP contribution in [0.3, 0.4) is 0 Å². The summed E-state index contributed by atoms with van der Waals surface area (Å²) >= 11 is 0. The van der Waals surface area contributed by atoms with Crippen LogP contribution < -0.4 is 0 Å². The molecule has 2 N–H and O–H groups in total. The van der Waals surface area contributed by atoms with Gasteiger partial charge in [0.15, 0.2) is 0 Å². The number of nitrogens with one attached hydrogen (secondary N) is 1. The Labute approximate surface area is 105 Å². The number of carboxylic acid groups (broad SMARTS) is 1. The Morgan fingerprint density at radius 1 is 1.42 bits per heavy atom. The van der Waals surface area contributed by atoms with Crippen LogP contribution in [0.4, 0.5) is 14.6 Å². The van der Waals surface area contributed by atoms with Crippen molar-refractivity contribution >= 4 is 11.8 Å². The van der Waals surface area contributed by atoms with Crippen molar-refractivity contribution in [3.8, 4) is 0 Å². The van der Waals surface area contributed by atoms with E-state index in [1.165, 1.54) is 0 Å². The molecule has 2 rings (SSSR count). The molecule has 0 spiro atoms. The number of H-pyrrole nitrogens is 1. The average molecular weight is 275 g/mol. The third kappa shape index (κ3) is 2.15. The summed E-state index contributed by atoms with van der Waals surface area (Å²) in [6.07, 6.45) is -0.885. The Hall–Kier alpha value is -2.06. The highest BCUT2D eigenvalue weighted by atomic mass is 19.3. The van der Waals surface area contributed by atoms with Gasteiger partial charge < -0.3 is 15.2 Å². The number of hydrogen-bond acceptors (Lipinski definition) is 4. The molecule has 0 atom stereocenters. The second-order valence-electron chi connectivity index (χ2n) is 4.63. The number of carboxylic acids is 1. The Bertz CT molecular complexity index is 519. The molecule has 0 aliphatic heterocycles. The zero-order valence-electron chi connectivity index (χ0n) is 9.73. The maximum absolute atomic E-state index is 13.2. The number of rotatable bonds is 3. The van der Waals surface area contributed by atoms with Crippen LogP contribution in [0, 0.1) is 10.1 Å². The number of aromatic amines is 1. The largest absolute Gasteiger partial charge is 0.481 e. The summed E-state index contributed by atoms with van der Waals surface area (Å²) in [4.78, 5) is 21.5. The molecule has 0 saturated heterocycles. The van der Waals surface area contributed by atoms with Crippen LogP contribution in [0.5, 0.6) is 0 Å². The van der Waals surface area contributed by atoms with Gasteiger partial charge in [0.1, 0.15) is 5.41 Å². The fourth-order valence-electron chi connectivity index (χ4n) is 2.41. The second kappa shape index (κ2) is 4.25. The van der Waals surface area contributed by atoms with Crippen LogP contribution in [0.2, 0.25) is 0 Å². The SMILES string of the molecule is O=C(O)C1(c2cn[nH]c2[N+](=O)[O-])CCC(F)(F)CC1. The molecule has 9 heteroatoms. The van der Waals surface area contributed by atoms with Gasteiger partial charge in [0.2, 0.25) is 5.92 Å². The zero-order chi connectivity index (χ0) is 14.3. The lowest BCUT2D eigenvalue weighted by Gasteiger charge is -2.35. The highest BCUT2D eigenvalue weighted by Gasteiger charge is 2.52. The summed E-state index contributed by atoms with van der Waals surface area (Å²) in [5.41, 5.74) is -1.81. The lowest BCUT2D eigenvalue weighted by atomic mass is 9.69. The third-order valence-electron chi connectivity index (χ3n) is 3.56.